The number of ether oxygens (including phenoxy) is 1. The fourth-order valence-electron chi connectivity index (χ4n) is 4.38. The lowest BCUT2D eigenvalue weighted by atomic mass is 10.1. The third-order valence-electron chi connectivity index (χ3n) is 6.05. The van der Waals surface area contributed by atoms with Crippen molar-refractivity contribution < 1.29 is 18.7 Å². The summed E-state index contributed by atoms with van der Waals surface area (Å²) in [5.74, 6) is -1.13. The van der Waals surface area contributed by atoms with E-state index in [-0.39, 0.29) is 24.0 Å². The van der Waals surface area contributed by atoms with Gasteiger partial charge >= 0.3 is 6.01 Å². The minimum atomic E-state index is -0.524. The van der Waals surface area contributed by atoms with Crippen molar-refractivity contribution in [1.82, 2.24) is 30.4 Å². The lowest BCUT2D eigenvalue weighted by molar-refractivity contribution is -0.119. The number of halogens is 1. The van der Waals surface area contributed by atoms with E-state index < -0.39 is 11.7 Å². The summed E-state index contributed by atoms with van der Waals surface area (Å²) in [7, 11) is 1.71. The molecule has 1 saturated heterocycles. The highest BCUT2D eigenvalue weighted by Gasteiger charge is 2.20. The van der Waals surface area contributed by atoms with Gasteiger partial charge in [-0.05, 0) is 24.3 Å². The maximum atomic E-state index is 14.6. The van der Waals surface area contributed by atoms with Crippen molar-refractivity contribution in [3.63, 3.8) is 0 Å². The summed E-state index contributed by atoms with van der Waals surface area (Å²) in [4.78, 5) is 35.6. The number of benzene rings is 2. The van der Waals surface area contributed by atoms with E-state index in [1.165, 1.54) is 17.7 Å². The van der Waals surface area contributed by atoms with Gasteiger partial charge in [0.15, 0.2) is 5.82 Å². The van der Waals surface area contributed by atoms with Crippen molar-refractivity contribution in [3.05, 3.63) is 48.0 Å². The summed E-state index contributed by atoms with van der Waals surface area (Å²) in [5, 5.41) is 14.2. The number of aryl methyl sites for hydroxylation is 1. The summed E-state index contributed by atoms with van der Waals surface area (Å²) in [6, 6.07) is 6.60. The number of aromatic nitrogens is 4. The number of carbonyl (C=O) groups excluding carboxylic acids is 2. The highest BCUT2D eigenvalue weighted by atomic mass is 19.1. The first-order chi connectivity index (χ1) is 17.9. The van der Waals surface area contributed by atoms with Gasteiger partial charge in [0, 0.05) is 74.7 Å². The summed E-state index contributed by atoms with van der Waals surface area (Å²) < 4.78 is 21.7. The second-order valence-corrected chi connectivity index (χ2v) is 8.77. The largest absolute Gasteiger partial charge is 0.462 e. The molecule has 12 heteroatoms. The highest BCUT2D eigenvalue weighted by Crippen LogP contribution is 2.30. The molecule has 1 fully saturated rings. The average molecular weight is 507 g/mol. The SMILES string of the molecule is CC(=O)NCCOc1ncc2c(N3CCNCC3)ccc(C(=O)Nc3cc(F)c4nn(C)cc4c3)c2n1. The Morgan fingerprint density at radius 2 is 2.00 bits per heavy atom. The predicted octanol–water partition coefficient (Wildman–Crippen LogP) is 1.83. The maximum absolute atomic E-state index is 14.6. The standard InChI is InChI=1S/C25H27FN8O3/c1-15(35)28-7-10-37-25-29-13-19-21(34-8-5-27-6-9-34)4-3-18(23(19)31-25)24(36)30-17-11-16-14-33(2)32-22(16)20(26)12-17/h3-4,11-14,27H,5-10H2,1-2H3,(H,28,35)(H,30,36). The number of piperazine rings is 1. The van der Waals surface area contributed by atoms with Crippen LogP contribution in [0.4, 0.5) is 15.8 Å². The number of hydrogen-bond acceptors (Lipinski definition) is 8. The molecule has 0 radical (unpaired) electrons. The Labute approximate surface area is 212 Å². The monoisotopic (exact) mass is 506 g/mol. The summed E-state index contributed by atoms with van der Waals surface area (Å²) in [5.41, 5.74) is 2.18. The van der Waals surface area contributed by atoms with Crippen LogP contribution in [0.5, 0.6) is 6.01 Å². The van der Waals surface area contributed by atoms with Crippen LogP contribution in [0.2, 0.25) is 0 Å². The van der Waals surface area contributed by atoms with Crippen LogP contribution >= 0.6 is 0 Å². The smallest absolute Gasteiger partial charge is 0.317 e. The minimum absolute atomic E-state index is 0.0900. The van der Waals surface area contributed by atoms with Gasteiger partial charge in [-0.1, -0.05) is 0 Å². The van der Waals surface area contributed by atoms with Crippen molar-refractivity contribution in [2.75, 3.05) is 49.5 Å². The molecule has 1 aliphatic rings. The van der Waals surface area contributed by atoms with Crippen LogP contribution in [0.3, 0.4) is 0 Å². The van der Waals surface area contributed by atoms with E-state index in [4.69, 9.17) is 4.74 Å². The van der Waals surface area contributed by atoms with Gasteiger partial charge in [-0.2, -0.15) is 10.1 Å². The molecule has 5 rings (SSSR count). The van der Waals surface area contributed by atoms with Gasteiger partial charge in [-0.3, -0.25) is 14.3 Å². The second kappa shape index (κ2) is 10.3. The third-order valence-corrected chi connectivity index (χ3v) is 6.05. The van der Waals surface area contributed by atoms with E-state index in [0.29, 0.717) is 34.1 Å². The molecule has 4 aromatic rings. The molecule has 3 N–H and O–H groups in total. The molecule has 0 aliphatic carbocycles. The molecule has 0 atom stereocenters. The Morgan fingerprint density at radius 3 is 2.78 bits per heavy atom. The Kier molecular flexibility index (Phi) is 6.82. The van der Waals surface area contributed by atoms with Crippen molar-refractivity contribution in [3.8, 4) is 6.01 Å². The van der Waals surface area contributed by atoms with Crippen molar-refractivity contribution in [2.45, 2.75) is 6.92 Å². The average Bonchev–Trinajstić information content (AvgIpc) is 3.27. The van der Waals surface area contributed by atoms with Gasteiger partial charge in [-0.25, -0.2) is 9.37 Å². The Balaban J connectivity index is 1.48. The van der Waals surface area contributed by atoms with Gasteiger partial charge in [0.05, 0.1) is 17.6 Å². The van der Waals surface area contributed by atoms with E-state index in [9.17, 15) is 14.0 Å². The first kappa shape index (κ1) is 24.4. The molecular formula is C25H27FN8O3. The number of nitrogens with zero attached hydrogens (tertiary/aromatic N) is 5. The number of nitrogens with one attached hydrogen (secondary N) is 3. The zero-order valence-electron chi connectivity index (χ0n) is 20.5. The molecular weight excluding hydrogens is 479 g/mol. The topological polar surface area (TPSA) is 126 Å². The molecule has 2 aromatic heterocycles. The van der Waals surface area contributed by atoms with Gasteiger partial charge in [0.1, 0.15) is 12.1 Å². The van der Waals surface area contributed by atoms with Crippen LogP contribution in [0.1, 0.15) is 17.3 Å². The van der Waals surface area contributed by atoms with Crippen LogP contribution in [0.25, 0.3) is 21.8 Å². The fourth-order valence-corrected chi connectivity index (χ4v) is 4.38. The van der Waals surface area contributed by atoms with E-state index in [1.54, 1.807) is 31.6 Å². The number of anilines is 2. The predicted molar refractivity (Wildman–Crippen MR) is 137 cm³/mol. The van der Waals surface area contributed by atoms with Crippen molar-refractivity contribution in [2.24, 2.45) is 7.05 Å². The van der Waals surface area contributed by atoms with Gasteiger partial charge in [0.25, 0.3) is 5.91 Å². The number of hydrogen-bond donors (Lipinski definition) is 3. The molecule has 1 aliphatic heterocycles. The van der Waals surface area contributed by atoms with Crippen LogP contribution in [0, 0.1) is 5.82 Å². The van der Waals surface area contributed by atoms with E-state index >= 15 is 0 Å². The first-order valence-electron chi connectivity index (χ1n) is 12.0. The fraction of sp³-hybridized carbons (Fsp3) is 0.320. The molecule has 11 nitrogen and oxygen atoms in total. The number of fused-ring (bicyclic) bond motifs is 2. The molecule has 0 unspecified atom stereocenters. The number of carbonyl (C=O) groups is 2. The van der Waals surface area contributed by atoms with Gasteiger partial charge in [0.2, 0.25) is 5.91 Å². The second-order valence-electron chi connectivity index (χ2n) is 8.77. The summed E-state index contributed by atoms with van der Waals surface area (Å²) in [6.45, 7) is 5.20. The van der Waals surface area contributed by atoms with Crippen LogP contribution in [-0.4, -0.2) is 70.9 Å². The quantitative estimate of drug-likeness (QED) is 0.324. The van der Waals surface area contributed by atoms with Crippen LogP contribution < -0.4 is 25.6 Å². The number of amides is 2. The summed E-state index contributed by atoms with van der Waals surface area (Å²) >= 11 is 0. The summed E-state index contributed by atoms with van der Waals surface area (Å²) in [6.07, 6.45) is 3.33. The van der Waals surface area contributed by atoms with E-state index in [0.717, 1.165) is 31.9 Å². The molecule has 3 heterocycles. The zero-order chi connectivity index (χ0) is 25.9. The molecule has 0 spiro atoms. The lowest BCUT2D eigenvalue weighted by Crippen LogP contribution is -2.43. The highest BCUT2D eigenvalue weighted by molar-refractivity contribution is 6.14. The van der Waals surface area contributed by atoms with Gasteiger partial charge < -0.3 is 25.6 Å². The number of rotatable bonds is 7. The zero-order valence-corrected chi connectivity index (χ0v) is 20.5. The Bertz CT molecular complexity index is 1480. The molecule has 37 heavy (non-hydrogen) atoms. The third kappa shape index (κ3) is 5.28. The molecule has 2 amide bonds. The van der Waals surface area contributed by atoms with Crippen molar-refractivity contribution in [1.29, 1.82) is 0 Å². The Hall–Kier alpha value is -4.32. The van der Waals surface area contributed by atoms with E-state index in [2.05, 4.69) is 35.9 Å². The van der Waals surface area contributed by atoms with Crippen molar-refractivity contribution >= 4 is 45.0 Å². The van der Waals surface area contributed by atoms with E-state index in [1.807, 2.05) is 6.07 Å². The molecule has 2 aromatic carbocycles. The molecule has 0 saturated carbocycles. The van der Waals surface area contributed by atoms with Crippen LogP contribution in [-0.2, 0) is 11.8 Å². The van der Waals surface area contributed by atoms with Crippen LogP contribution in [0.15, 0.2) is 36.7 Å². The first-order valence-corrected chi connectivity index (χ1v) is 12.0. The Morgan fingerprint density at radius 1 is 1.19 bits per heavy atom. The lowest BCUT2D eigenvalue weighted by Gasteiger charge is -2.30. The normalized spacial score (nSPS) is 13.6. The van der Waals surface area contributed by atoms with Gasteiger partial charge in [-0.15, -0.1) is 0 Å². The molecule has 192 valence electrons. The maximum Gasteiger partial charge on any atom is 0.317 e. The molecule has 0 bridgehead atoms. The minimum Gasteiger partial charge on any atom is -0.462 e.